The predicted octanol–water partition coefficient (Wildman–Crippen LogP) is 5.50. The monoisotopic (exact) mass is 351 g/mol. The third kappa shape index (κ3) is 2.88. The van der Waals surface area contributed by atoms with Gasteiger partial charge in [0.25, 0.3) is 0 Å². The number of benzene rings is 2. The smallest absolute Gasteiger partial charge is 0.190 e. The summed E-state index contributed by atoms with van der Waals surface area (Å²) in [6, 6.07) is 19.4. The third-order valence-corrected chi connectivity index (χ3v) is 5.19. The molecular weight excluding hydrogens is 338 g/mol. The molecule has 0 bridgehead atoms. The summed E-state index contributed by atoms with van der Waals surface area (Å²) >= 11 is 7.70. The van der Waals surface area contributed by atoms with Gasteiger partial charge in [0.2, 0.25) is 0 Å². The number of aromatic nitrogens is 1. The van der Waals surface area contributed by atoms with Gasteiger partial charge < -0.3 is 4.98 Å². The number of halogens is 1. The molecule has 0 saturated carbocycles. The summed E-state index contributed by atoms with van der Waals surface area (Å²) in [4.78, 5) is 17.1. The van der Waals surface area contributed by atoms with Crippen LogP contribution in [0.4, 0.5) is 0 Å². The van der Waals surface area contributed by atoms with Crippen molar-refractivity contribution >= 4 is 33.8 Å². The van der Waals surface area contributed by atoms with Gasteiger partial charge in [0.15, 0.2) is 5.43 Å². The number of nitrogens with one attached hydrogen (secondary N) is 1. The highest BCUT2D eigenvalue weighted by atomic mass is 35.5. The molecule has 2 nitrogen and oxygen atoms in total. The van der Waals surface area contributed by atoms with Crippen LogP contribution < -0.4 is 5.43 Å². The van der Waals surface area contributed by atoms with Gasteiger partial charge in [-0.2, -0.15) is 0 Å². The summed E-state index contributed by atoms with van der Waals surface area (Å²) in [5.41, 5.74) is 3.98. The molecule has 0 fully saturated rings. The van der Waals surface area contributed by atoms with Gasteiger partial charge in [0.05, 0.1) is 5.69 Å². The zero-order valence-electron chi connectivity index (χ0n) is 12.8. The van der Waals surface area contributed by atoms with Crippen LogP contribution in [0.3, 0.4) is 0 Å². The maximum absolute atomic E-state index is 12.4. The minimum absolute atomic E-state index is 0.0156. The van der Waals surface area contributed by atoms with Crippen molar-refractivity contribution in [1.29, 1.82) is 0 Å². The Kier molecular flexibility index (Phi) is 3.97. The molecule has 0 spiro atoms. The normalized spacial score (nSPS) is 11.0. The Labute approximate surface area is 148 Å². The van der Waals surface area contributed by atoms with Gasteiger partial charge in [-0.25, -0.2) is 0 Å². The van der Waals surface area contributed by atoms with Crippen LogP contribution in [0.2, 0.25) is 5.02 Å². The van der Waals surface area contributed by atoms with Gasteiger partial charge in [0, 0.05) is 38.9 Å². The number of fused-ring (bicyclic) bond motifs is 1. The molecule has 4 heteroatoms. The highest BCUT2D eigenvalue weighted by molar-refractivity contribution is 7.10. The molecule has 0 radical (unpaired) electrons. The highest BCUT2D eigenvalue weighted by Crippen LogP contribution is 2.29. The lowest BCUT2D eigenvalue weighted by Crippen LogP contribution is -2.03. The van der Waals surface area contributed by atoms with Gasteiger partial charge in [-0.15, -0.1) is 11.3 Å². The zero-order valence-corrected chi connectivity index (χ0v) is 14.3. The van der Waals surface area contributed by atoms with E-state index >= 15 is 0 Å². The van der Waals surface area contributed by atoms with Gasteiger partial charge in [-0.3, -0.25) is 4.79 Å². The van der Waals surface area contributed by atoms with Crippen molar-refractivity contribution in [3.05, 3.63) is 91.7 Å². The number of H-pyrrole nitrogens is 1. The first-order valence-corrected chi connectivity index (χ1v) is 8.90. The second kappa shape index (κ2) is 6.27. The van der Waals surface area contributed by atoms with Gasteiger partial charge in [0.1, 0.15) is 0 Å². The predicted molar refractivity (Wildman–Crippen MR) is 102 cm³/mol. The molecule has 4 aromatic rings. The van der Waals surface area contributed by atoms with E-state index in [4.69, 9.17) is 11.6 Å². The lowest BCUT2D eigenvalue weighted by molar-refractivity contribution is 1.23. The molecule has 2 aromatic carbocycles. The Bertz CT molecular complexity index is 1070. The average molecular weight is 352 g/mol. The number of pyridine rings is 1. The molecule has 24 heavy (non-hydrogen) atoms. The van der Waals surface area contributed by atoms with E-state index in [1.165, 1.54) is 10.4 Å². The standard InChI is InChI=1S/C20H14ClNOS/c21-14-6-7-17-16(11-14)19(23)12-18(22-17)15-8-9-24-20(15)10-13-4-2-1-3-5-13/h1-9,11-12H,10H2,(H,22,23). The van der Waals surface area contributed by atoms with E-state index in [0.717, 1.165) is 23.2 Å². The Hall–Kier alpha value is -2.36. The molecule has 2 aromatic heterocycles. The molecule has 0 aliphatic heterocycles. The van der Waals surface area contributed by atoms with E-state index in [9.17, 15) is 4.79 Å². The number of rotatable bonds is 3. The second-order valence-electron chi connectivity index (χ2n) is 5.66. The topological polar surface area (TPSA) is 32.9 Å². The summed E-state index contributed by atoms with van der Waals surface area (Å²) < 4.78 is 0. The molecule has 0 aliphatic rings. The van der Waals surface area contributed by atoms with Crippen LogP contribution in [0.15, 0.2) is 70.8 Å². The van der Waals surface area contributed by atoms with Gasteiger partial charge in [-0.05, 0) is 35.2 Å². The highest BCUT2D eigenvalue weighted by Gasteiger charge is 2.11. The summed E-state index contributed by atoms with van der Waals surface area (Å²) in [6.45, 7) is 0. The zero-order chi connectivity index (χ0) is 16.5. The molecule has 0 saturated heterocycles. The summed E-state index contributed by atoms with van der Waals surface area (Å²) in [5, 5.41) is 3.25. The SMILES string of the molecule is O=c1cc(-c2ccsc2Cc2ccccc2)[nH]c2ccc(Cl)cc12. The van der Waals surface area contributed by atoms with E-state index in [0.29, 0.717) is 10.4 Å². The Balaban J connectivity index is 1.80. The van der Waals surface area contributed by atoms with Crippen LogP contribution in [-0.4, -0.2) is 4.98 Å². The fourth-order valence-corrected chi connectivity index (χ4v) is 3.96. The average Bonchev–Trinajstić information content (AvgIpc) is 3.04. The van der Waals surface area contributed by atoms with E-state index < -0.39 is 0 Å². The van der Waals surface area contributed by atoms with Crippen molar-refractivity contribution < 1.29 is 0 Å². The fourth-order valence-electron chi connectivity index (χ4n) is 2.86. The van der Waals surface area contributed by atoms with Crippen LogP contribution >= 0.6 is 22.9 Å². The number of hydrogen-bond acceptors (Lipinski definition) is 2. The maximum atomic E-state index is 12.4. The molecule has 4 rings (SSSR count). The largest absolute Gasteiger partial charge is 0.354 e. The van der Waals surface area contributed by atoms with Crippen LogP contribution in [0.25, 0.3) is 22.2 Å². The summed E-state index contributed by atoms with van der Waals surface area (Å²) in [6.07, 6.45) is 0.856. The molecule has 1 N–H and O–H groups in total. The van der Waals surface area contributed by atoms with E-state index in [1.54, 1.807) is 29.5 Å². The first kappa shape index (κ1) is 15.2. The molecule has 0 unspecified atom stereocenters. The minimum atomic E-state index is -0.0156. The summed E-state index contributed by atoms with van der Waals surface area (Å²) in [5.74, 6) is 0. The first-order valence-electron chi connectivity index (χ1n) is 7.64. The van der Waals surface area contributed by atoms with E-state index in [2.05, 4.69) is 28.6 Å². The maximum Gasteiger partial charge on any atom is 0.190 e. The van der Waals surface area contributed by atoms with Gasteiger partial charge >= 0.3 is 0 Å². The van der Waals surface area contributed by atoms with Crippen molar-refractivity contribution in [2.45, 2.75) is 6.42 Å². The van der Waals surface area contributed by atoms with Crippen LogP contribution in [0, 0.1) is 0 Å². The number of thiophene rings is 1. The quantitative estimate of drug-likeness (QED) is 0.519. The Morgan fingerprint density at radius 1 is 1.00 bits per heavy atom. The van der Waals surface area contributed by atoms with Crippen molar-refractivity contribution in [2.75, 3.05) is 0 Å². The fraction of sp³-hybridized carbons (Fsp3) is 0.0500. The first-order chi connectivity index (χ1) is 11.7. The lowest BCUT2D eigenvalue weighted by Gasteiger charge is -2.07. The molecule has 2 heterocycles. The van der Waals surface area contributed by atoms with E-state index in [-0.39, 0.29) is 5.43 Å². The van der Waals surface area contributed by atoms with Gasteiger partial charge in [-0.1, -0.05) is 41.9 Å². The molecular formula is C20H14ClNOS. The second-order valence-corrected chi connectivity index (χ2v) is 7.09. The Morgan fingerprint density at radius 3 is 2.67 bits per heavy atom. The Morgan fingerprint density at radius 2 is 1.83 bits per heavy atom. The van der Waals surface area contributed by atoms with Crippen molar-refractivity contribution in [3.8, 4) is 11.3 Å². The number of hydrogen-bond donors (Lipinski definition) is 1. The van der Waals surface area contributed by atoms with Crippen LogP contribution in [-0.2, 0) is 6.42 Å². The molecule has 0 amide bonds. The molecule has 0 atom stereocenters. The number of aromatic amines is 1. The summed E-state index contributed by atoms with van der Waals surface area (Å²) in [7, 11) is 0. The van der Waals surface area contributed by atoms with Crippen LogP contribution in [0.1, 0.15) is 10.4 Å². The van der Waals surface area contributed by atoms with Crippen LogP contribution in [0.5, 0.6) is 0 Å². The lowest BCUT2D eigenvalue weighted by atomic mass is 10.1. The van der Waals surface area contributed by atoms with E-state index in [1.807, 2.05) is 24.3 Å². The van der Waals surface area contributed by atoms with Crippen molar-refractivity contribution in [2.24, 2.45) is 0 Å². The molecule has 0 aliphatic carbocycles. The minimum Gasteiger partial charge on any atom is -0.354 e. The molecule has 118 valence electrons. The third-order valence-electron chi connectivity index (χ3n) is 4.03. The van der Waals surface area contributed by atoms with Crippen molar-refractivity contribution in [1.82, 2.24) is 4.98 Å². The van der Waals surface area contributed by atoms with Crippen molar-refractivity contribution in [3.63, 3.8) is 0 Å².